The van der Waals surface area contributed by atoms with Gasteiger partial charge in [0.05, 0.1) is 17.3 Å². The zero-order valence-electron chi connectivity index (χ0n) is 13.4. The standard InChI is InChI=1S/C17H17ClF2N2O3/c1-2-24-15-9-11(7-8-14(15)25-16(19)20)10-21-17(23)22-13-6-4-3-5-12(13)18/h3-9,16H,2,10H2,1H3,(H2,21,22,23). The van der Waals surface area contributed by atoms with Gasteiger partial charge in [-0.25, -0.2) is 4.79 Å². The maximum atomic E-state index is 12.4. The molecule has 2 aromatic carbocycles. The lowest BCUT2D eigenvalue weighted by molar-refractivity contribution is -0.0514. The third-order valence-corrected chi connectivity index (χ3v) is 3.43. The van der Waals surface area contributed by atoms with Crippen molar-refractivity contribution in [3.63, 3.8) is 0 Å². The molecule has 0 saturated carbocycles. The van der Waals surface area contributed by atoms with E-state index in [2.05, 4.69) is 15.4 Å². The minimum absolute atomic E-state index is 0.0545. The van der Waals surface area contributed by atoms with Crippen LogP contribution in [-0.2, 0) is 6.54 Å². The highest BCUT2D eigenvalue weighted by Crippen LogP contribution is 2.30. The lowest BCUT2D eigenvalue weighted by Crippen LogP contribution is -2.28. The normalized spacial score (nSPS) is 10.4. The minimum Gasteiger partial charge on any atom is -0.490 e. The molecule has 134 valence electrons. The van der Waals surface area contributed by atoms with Crippen LogP contribution in [0.25, 0.3) is 0 Å². The molecule has 8 heteroatoms. The summed E-state index contributed by atoms with van der Waals surface area (Å²) in [5.74, 6) is 0.134. The quantitative estimate of drug-likeness (QED) is 0.745. The topological polar surface area (TPSA) is 59.6 Å². The molecule has 2 N–H and O–H groups in total. The predicted molar refractivity (Wildman–Crippen MR) is 91.6 cm³/mol. The number of hydrogen-bond acceptors (Lipinski definition) is 3. The van der Waals surface area contributed by atoms with Gasteiger partial charge in [-0.2, -0.15) is 8.78 Å². The first kappa shape index (κ1) is 18.8. The minimum atomic E-state index is -2.94. The second-order valence-corrected chi connectivity index (χ2v) is 5.29. The number of urea groups is 1. The second-order valence-electron chi connectivity index (χ2n) is 4.88. The zero-order valence-corrected chi connectivity index (χ0v) is 14.1. The van der Waals surface area contributed by atoms with Gasteiger partial charge in [0.2, 0.25) is 0 Å². The number of halogens is 3. The van der Waals surface area contributed by atoms with Crippen LogP contribution in [0.4, 0.5) is 19.3 Å². The molecule has 0 bridgehead atoms. The van der Waals surface area contributed by atoms with Gasteiger partial charge in [-0.15, -0.1) is 0 Å². The third kappa shape index (κ3) is 5.79. The highest BCUT2D eigenvalue weighted by Gasteiger charge is 2.12. The molecule has 0 unspecified atom stereocenters. The van der Waals surface area contributed by atoms with Crippen LogP contribution in [0.2, 0.25) is 5.02 Å². The molecule has 0 aliphatic carbocycles. The molecule has 0 aromatic heterocycles. The second kappa shape index (κ2) is 9.08. The summed E-state index contributed by atoms with van der Waals surface area (Å²) < 4.78 is 34.5. The first-order valence-corrected chi connectivity index (χ1v) is 7.87. The summed E-state index contributed by atoms with van der Waals surface area (Å²) in [5, 5.41) is 5.69. The van der Waals surface area contributed by atoms with Gasteiger partial charge >= 0.3 is 12.6 Å². The van der Waals surface area contributed by atoms with Crippen molar-refractivity contribution in [2.45, 2.75) is 20.1 Å². The van der Waals surface area contributed by atoms with Crippen LogP contribution in [0.3, 0.4) is 0 Å². The van der Waals surface area contributed by atoms with Crippen LogP contribution >= 0.6 is 11.6 Å². The van der Waals surface area contributed by atoms with Crippen molar-refractivity contribution < 1.29 is 23.0 Å². The van der Waals surface area contributed by atoms with Crippen molar-refractivity contribution in [2.24, 2.45) is 0 Å². The summed E-state index contributed by atoms with van der Waals surface area (Å²) in [6.07, 6.45) is 0. The van der Waals surface area contributed by atoms with E-state index in [0.717, 1.165) is 0 Å². The first-order chi connectivity index (χ1) is 12.0. The van der Waals surface area contributed by atoms with Gasteiger partial charge in [-0.3, -0.25) is 0 Å². The summed E-state index contributed by atoms with van der Waals surface area (Å²) in [6, 6.07) is 10.9. The fourth-order valence-electron chi connectivity index (χ4n) is 2.04. The van der Waals surface area contributed by atoms with Gasteiger partial charge in [0.25, 0.3) is 0 Å². The Labute approximate surface area is 148 Å². The smallest absolute Gasteiger partial charge is 0.387 e. The number of hydrogen-bond donors (Lipinski definition) is 2. The van der Waals surface area contributed by atoms with E-state index in [-0.39, 0.29) is 18.0 Å². The molecule has 0 heterocycles. The van der Waals surface area contributed by atoms with E-state index in [1.807, 2.05) is 0 Å². The number of rotatable bonds is 7. The summed E-state index contributed by atoms with van der Waals surface area (Å²) in [7, 11) is 0. The number of benzene rings is 2. The highest BCUT2D eigenvalue weighted by molar-refractivity contribution is 6.33. The summed E-state index contributed by atoms with van der Waals surface area (Å²) in [5.41, 5.74) is 1.15. The van der Waals surface area contributed by atoms with Crippen molar-refractivity contribution in [3.8, 4) is 11.5 Å². The van der Waals surface area contributed by atoms with Gasteiger partial charge in [-0.05, 0) is 36.8 Å². The summed E-state index contributed by atoms with van der Waals surface area (Å²) >= 11 is 5.97. The van der Waals surface area contributed by atoms with E-state index in [1.54, 1.807) is 37.3 Å². The van der Waals surface area contributed by atoms with Crippen molar-refractivity contribution >= 4 is 23.3 Å². The molecule has 5 nitrogen and oxygen atoms in total. The molecule has 0 saturated heterocycles. The van der Waals surface area contributed by atoms with E-state index in [1.165, 1.54) is 12.1 Å². The molecular weight excluding hydrogens is 354 g/mol. The Balaban J connectivity index is 1.99. The molecule has 2 amide bonds. The van der Waals surface area contributed by atoms with E-state index >= 15 is 0 Å². The molecule has 25 heavy (non-hydrogen) atoms. The fourth-order valence-corrected chi connectivity index (χ4v) is 2.22. The average molecular weight is 371 g/mol. The van der Waals surface area contributed by atoms with Crippen LogP contribution in [0.5, 0.6) is 11.5 Å². The Hall–Kier alpha value is -2.54. The Kier molecular flexibility index (Phi) is 6.82. The van der Waals surface area contributed by atoms with Crippen molar-refractivity contribution in [3.05, 3.63) is 53.1 Å². The molecule has 2 aromatic rings. The number of anilines is 1. The van der Waals surface area contributed by atoms with Crippen LogP contribution in [0.15, 0.2) is 42.5 Å². The molecular formula is C17H17ClF2N2O3. The molecule has 0 aliphatic rings. The van der Waals surface area contributed by atoms with Crippen LogP contribution in [-0.4, -0.2) is 19.2 Å². The Morgan fingerprint density at radius 1 is 1.20 bits per heavy atom. The summed E-state index contributed by atoms with van der Waals surface area (Å²) in [4.78, 5) is 11.9. The third-order valence-electron chi connectivity index (χ3n) is 3.10. The van der Waals surface area contributed by atoms with Gasteiger partial charge < -0.3 is 20.1 Å². The number of amides is 2. The SMILES string of the molecule is CCOc1cc(CNC(=O)Nc2ccccc2Cl)ccc1OC(F)F. The van der Waals surface area contributed by atoms with Crippen molar-refractivity contribution in [1.82, 2.24) is 5.32 Å². The Morgan fingerprint density at radius 2 is 1.96 bits per heavy atom. The molecule has 2 rings (SSSR count). The number of para-hydroxylation sites is 1. The Morgan fingerprint density at radius 3 is 2.64 bits per heavy atom. The maximum absolute atomic E-state index is 12.4. The lowest BCUT2D eigenvalue weighted by atomic mass is 10.2. The van der Waals surface area contributed by atoms with Crippen molar-refractivity contribution in [2.75, 3.05) is 11.9 Å². The number of nitrogens with one attached hydrogen (secondary N) is 2. The molecule has 0 spiro atoms. The molecule has 0 radical (unpaired) electrons. The summed E-state index contributed by atoms with van der Waals surface area (Å²) in [6.45, 7) is -0.743. The molecule has 0 fully saturated rings. The van der Waals surface area contributed by atoms with Gasteiger partial charge in [-0.1, -0.05) is 29.8 Å². The number of ether oxygens (including phenoxy) is 2. The van der Waals surface area contributed by atoms with E-state index in [4.69, 9.17) is 16.3 Å². The predicted octanol–water partition coefficient (Wildman–Crippen LogP) is 4.66. The molecule has 0 atom stereocenters. The first-order valence-electron chi connectivity index (χ1n) is 7.49. The number of alkyl halides is 2. The van der Waals surface area contributed by atoms with E-state index in [9.17, 15) is 13.6 Å². The Bertz CT molecular complexity index is 729. The van der Waals surface area contributed by atoms with Crippen molar-refractivity contribution in [1.29, 1.82) is 0 Å². The van der Waals surface area contributed by atoms with E-state index in [0.29, 0.717) is 22.9 Å². The van der Waals surface area contributed by atoms with Crippen LogP contribution in [0.1, 0.15) is 12.5 Å². The maximum Gasteiger partial charge on any atom is 0.387 e. The van der Waals surface area contributed by atoms with Crippen LogP contribution in [0, 0.1) is 0 Å². The monoisotopic (exact) mass is 370 g/mol. The van der Waals surface area contributed by atoms with Crippen LogP contribution < -0.4 is 20.1 Å². The molecule has 0 aliphatic heterocycles. The van der Waals surface area contributed by atoms with Gasteiger partial charge in [0, 0.05) is 6.54 Å². The fraction of sp³-hybridized carbons (Fsp3) is 0.235. The lowest BCUT2D eigenvalue weighted by Gasteiger charge is -2.13. The number of carbonyl (C=O) groups is 1. The van der Waals surface area contributed by atoms with Gasteiger partial charge in [0.1, 0.15) is 0 Å². The zero-order chi connectivity index (χ0) is 18.2. The van der Waals surface area contributed by atoms with Gasteiger partial charge in [0.15, 0.2) is 11.5 Å². The highest BCUT2D eigenvalue weighted by atomic mass is 35.5. The largest absolute Gasteiger partial charge is 0.490 e. The average Bonchev–Trinajstić information content (AvgIpc) is 2.57. The van der Waals surface area contributed by atoms with E-state index < -0.39 is 12.6 Å². The number of carbonyl (C=O) groups excluding carboxylic acids is 1.